The zero-order valence-corrected chi connectivity index (χ0v) is 12.8. The third-order valence-electron chi connectivity index (χ3n) is 6.11. The van der Waals surface area contributed by atoms with Gasteiger partial charge in [0.2, 0.25) is 0 Å². The molecule has 1 spiro atoms. The van der Waals surface area contributed by atoms with Crippen molar-refractivity contribution in [2.45, 2.75) is 17.8 Å². The van der Waals surface area contributed by atoms with Gasteiger partial charge < -0.3 is 0 Å². The van der Waals surface area contributed by atoms with Gasteiger partial charge in [0.15, 0.2) is 0 Å². The molecule has 0 saturated heterocycles. The monoisotopic (exact) mass is 292 g/mol. The molecule has 0 N–H and O–H groups in total. The largest absolute Gasteiger partial charge is 0.0620 e. The van der Waals surface area contributed by atoms with E-state index in [9.17, 15) is 0 Å². The topological polar surface area (TPSA) is 0 Å². The van der Waals surface area contributed by atoms with Crippen molar-refractivity contribution >= 4 is 11.6 Å². The summed E-state index contributed by atoms with van der Waals surface area (Å²) in [6, 6.07) is 27.1. The lowest BCUT2D eigenvalue weighted by atomic mass is 9.71. The summed E-state index contributed by atoms with van der Waals surface area (Å²) in [7, 11) is 0. The third kappa shape index (κ3) is 1.22. The summed E-state index contributed by atoms with van der Waals surface area (Å²) in [5, 5.41) is 0. The van der Waals surface area contributed by atoms with Crippen molar-refractivity contribution in [3.63, 3.8) is 0 Å². The highest BCUT2D eigenvalue weighted by molar-refractivity contribution is 6.01. The normalized spacial score (nSPS) is 25.2. The van der Waals surface area contributed by atoms with Gasteiger partial charge in [0, 0.05) is 11.3 Å². The Balaban J connectivity index is 1.76. The van der Waals surface area contributed by atoms with E-state index in [0.29, 0.717) is 5.92 Å². The molecule has 0 saturated carbocycles. The number of benzene rings is 3. The molecule has 0 radical (unpaired) electrons. The fraction of sp³-hybridized carbons (Fsp3) is 0.130. The molecule has 2 atom stereocenters. The van der Waals surface area contributed by atoms with Crippen molar-refractivity contribution in [2.75, 3.05) is 0 Å². The van der Waals surface area contributed by atoms with Gasteiger partial charge in [0.25, 0.3) is 0 Å². The Labute approximate surface area is 136 Å². The minimum absolute atomic E-state index is 0.129. The molecule has 0 heteroatoms. The molecule has 0 nitrogen and oxygen atoms in total. The number of rotatable bonds is 0. The van der Waals surface area contributed by atoms with Gasteiger partial charge in [-0.2, -0.15) is 0 Å². The molecule has 0 unspecified atom stereocenters. The van der Waals surface area contributed by atoms with Gasteiger partial charge in [-0.15, -0.1) is 0 Å². The molecule has 0 amide bonds. The molecule has 6 rings (SSSR count). The van der Waals surface area contributed by atoms with Gasteiger partial charge in [0.05, 0.1) is 0 Å². The molecule has 0 heterocycles. The minimum Gasteiger partial charge on any atom is -0.0620 e. The lowest BCUT2D eigenvalue weighted by Gasteiger charge is -2.30. The van der Waals surface area contributed by atoms with Crippen LogP contribution in [0, 0.1) is 0 Å². The summed E-state index contributed by atoms with van der Waals surface area (Å²) in [6.07, 6.45) is 3.57. The van der Waals surface area contributed by atoms with Crippen molar-refractivity contribution in [1.82, 2.24) is 0 Å². The first-order valence-electron chi connectivity index (χ1n) is 8.38. The van der Waals surface area contributed by atoms with E-state index in [2.05, 4.69) is 78.9 Å². The molecule has 0 fully saturated rings. The van der Waals surface area contributed by atoms with E-state index >= 15 is 0 Å². The molecule has 3 aromatic carbocycles. The van der Waals surface area contributed by atoms with Gasteiger partial charge in [-0.3, -0.25) is 0 Å². The Morgan fingerprint density at radius 3 is 2.43 bits per heavy atom. The minimum atomic E-state index is 0.129. The van der Waals surface area contributed by atoms with E-state index in [0.717, 1.165) is 6.42 Å². The zero-order chi connectivity index (χ0) is 15.0. The fourth-order valence-electron chi connectivity index (χ4n) is 5.35. The summed E-state index contributed by atoms with van der Waals surface area (Å²) < 4.78 is 0. The van der Waals surface area contributed by atoms with Crippen LogP contribution in [0.2, 0.25) is 0 Å². The Morgan fingerprint density at radius 2 is 1.48 bits per heavy atom. The molecule has 3 aliphatic carbocycles. The quantitative estimate of drug-likeness (QED) is 0.535. The summed E-state index contributed by atoms with van der Waals surface area (Å²) in [5.74, 6) is 0.477. The maximum absolute atomic E-state index is 2.44. The van der Waals surface area contributed by atoms with Crippen molar-refractivity contribution < 1.29 is 0 Å². The first-order chi connectivity index (χ1) is 11.4. The molecule has 0 aliphatic heterocycles. The maximum atomic E-state index is 2.44. The summed E-state index contributed by atoms with van der Waals surface area (Å²) in [6.45, 7) is 0. The Morgan fingerprint density at radius 1 is 0.739 bits per heavy atom. The number of hydrogen-bond acceptors (Lipinski definition) is 0. The van der Waals surface area contributed by atoms with Gasteiger partial charge in [-0.25, -0.2) is 0 Å². The lowest BCUT2D eigenvalue weighted by molar-refractivity contribution is 0.558. The van der Waals surface area contributed by atoms with Gasteiger partial charge >= 0.3 is 0 Å². The van der Waals surface area contributed by atoms with Gasteiger partial charge in [-0.05, 0) is 51.5 Å². The molecule has 3 aromatic rings. The number of allylic oxidation sites excluding steroid dienone is 1. The molecular weight excluding hydrogens is 276 g/mol. The lowest BCUT2D eigenvalue weighted by Crippen LogP contribution is -2.26. The van der Waals surface area contributed by atoms with E-state index in [-0.39, 0.29) is 5.41 Å². The van der Waals surface area contributed by atoms with Crippen LogP contribution in [-0.2, 0) is 11.8 Å². The second-order valence-corrected chi connectivity index (χ2v) is 7.01. The van der Waals surface area contributed by atoms with Crippen LogP contribution in [0.15, 0.2) is 72.8 Å². The first-order valence-corrected chi connectivity index (χ1v) is 8.38. The summed E-state index contributed by atoms with van der Waals surface area (Å²) in [5.41, 5.74) is 10.6. The second kappa shape index (κ2) is 3.83. The molecule has 0 bridgehead atoms. The molecular formula is C23H16. The highest BCUT2D eigenvalue weighted by Crippen LogP contribution is 2.67. The first kappa shape index (κ1) is 11.9. The number of hydrogen-bond donors (Lipinski definition) is 0. The van der Waals surface area contributed by atoms with Crippen molar-refractivity contribution in [2.24, 2.45) is 0 Å². The second-order valence-electron chi connectivity index (χ2n) is 7.01. The van der Waals surface area contributed by atoms with Crippen LogP contribution in [0.4, 0.5) is 0 Å². The Bertz CT molecular complexity index is 1010. The standard InChI is InChI=1S/C23H16/c1-3-9-17-16(8-1)14-23-20-12-6-2-7-15(20)13-21(23)18-10-4-5-11-19(18)22(17)23/h1-13,22H,14H2/t22-,23-/m1/s1. The van der Waals surface area contributed by atoms with Crippen LogP contribution in [0.1, 0.15) is 39.3 Å². The van der Waals surface area contributed by atoms with Gasteiger partial charge in [0.1, 0.15) is 0 Å². The van der Waals surface area contributed by atoms with Crippen LogP contribution >= 0.6 is 0 Å². The smallest absolute Gasteiger partial charge is 0.0364 e. The highest BCUT2D eigenvalue weighted by atomic mass is 14.6. The summed E-state index contributed by atoms with van der Waals surface area (Å²) >= 11 is 0. The van der Waals surface area contributed by atoms with Crippen molar-refractivity contribution in [3.8, 4) is 0 Å². The van der Waals surface area contributed by atoms with E-state index in [4.69, 9.17) is 0 Å². The fourth-order valence-corrected chi connectivity index (χ4v) is 5.35. The molecule has 3 aliphatic rings. The van der Waals surface area contributed by atoms with Crippen molar-refractivity contribution in [3.05, 3.63) is 106 Å². The predicted octanol–water partition coefficient (Wildman–Crippen LogP) is 5.18. The van der Waals surface area contributed by atoms with Crippen LogP contribution in [0.5, 0.6) is 0 Å². The SMILES string of the molecule is C1=C2c3ccccc3[C@H]3c4ccccc4C[C@@]23c2ccccc21. The van der Waals surface area contributed by atoms with Crippen LogP contribution in [-0.4, -0.2) is 0 Å². The zero-order valence-electron chi connectivity index (χ0n) is 12.8. The van der Waals surface area contributed by atoms with Crippen LogP contribution < -0.4 is 0 Å². The van der Waals surface area contributed by atoms with E-state index in [1.54, 1.807) is 0 Å². The average Bonchev–Trinajstić information content (AvgIpc) is 3.19. The maximum Gasteiger partial charge on any atom is 0.0364 e. The Kier molecular flexibility index (Phi) is 1.98. The average molecular weight is 292 g/mol. The van der Waals surface area contributed by atoms with Crippen LogP contribution in [0.25, 0.3) is 11.6 Å². The van der Waals surface area contributed by atoms with E-state index in [1.165, 1.54) is 39.0 Å². The predicted molar refractivity (Wildman–Crippen MR) is 94.4 cm³/mol. The van der Waals surface area contributed by atoms with Crippen molar-refractivity contribution in [1.29, 1.82) is 0 Å². The number of fused-ring (bicyclic) bond motifs is 6. The molecule has 23 heavy (non-hydrogen) atoms. The highest BCUT2D eigenvalue weighted by Gasteiger charge is 2.57. The molecule has 108 valence electrons. The van der Waals surface area contributed by atoms with E-state index in [1.807, 2.05) is 0 Å². The van der Waals surface area contributed by atoms with Gasteiger partial charge in [-0.1, -0.05) is 72.8 Å². The Hall–Kier alpha value is -2.60. The van der Waals surface area contributed by atoms with E-state index < -0.39 is 0 Å². The summed E-state index contributed by atoms with van der Waals surface area (Å²) in [4.78, 5) is 0. The molecule has 0 aromatic heterocycles. The van der Waals surface area contributed by atoms with Crippen LogP contribution in [0.3, 0.4) is 0 Å². The third-order valence-corrected chi connectivity index (χ3v) is 6.11.